The second-order valence-corrected chi connectivity index (χ2v) is 9.13. The van der Waals surface area contributed by atoms with Crippen LogP contribution in [-0.2, 0) is 16.6 Å². The van der Waals surface area contributed by atoms with Gasteiger partial charge < -0.3 is 5.32 Å². The summed E-state index contributed by atoms with van der Waals surface area (Å²) in [5.41, 5.74) is 0.918. The molecule has 0 unspecified atom stereocenters. The molecule has 0 radical (unpaired) electrons. The Hall–Kier alpha value is -3.50. The Balaban J connectivity index is 1.82. The van der Waals surface area contributed by atoms with Crippen molar-refractivity contribution in [2.75, 3.05) is 15.9 Å². The third-order valence-corrected chi connectivity index (χ3v) is 5.94. The van der Waals surface area contributed by atoms with Crippen LogP contribution in [0.4, 0.5) is 21.5 Å². The number of non-ortho nitro benzene ring substituents is 1. The van der Waals surface area contributed by atoms with Crippen LogP contribution in [0.3, 0.4) is 0 Å². The number of carbonyl (C=O) groups is 1. The molecule has 0 aliphatic rings. The summed E-state index contributed by atoms with van der Waals surface area (Å²) in [4.78, 5) is 22.9. The SMILES string of the molecule is CS(=O)(=O)N(Cc1ccc(F)cc1)c1ccc(C(=O)Nc2cc([N+](=O)[O-])ccc2Cl)cc1. The number of nitro benzene ring substituents is 1. The second-order valence-electron chi connectivity index (χ2n) is 6.82. The molecule has 3 aromatic rings. The van der Waals surface area contributed by atoms with Crippen LogP contribution in [-0.4, -0.2) is 25.5 Å². The second kappa shape index (κ2) is 9.33. The highest BCUT2D eigenvalue weighted by Crippen LogP contribution is 2.28. The first-order valence-electron chi connectivity index (χ1n) is 9.12. The predicted octanol–water partition coefficient (Wildman–Crippen LogP) is 4.61. The number of nitro groups is 1. The molecule has 0 aromatic heterocycles. The molecule has 0 saturated carbocycles. The summed E-state index contributed by atoms with van der Waals surface area (Å²) in [5.74, 6) is -1.01. The van der Waals surface area contributed by atoms with Crippen LogP contribution in [0, 0.1) is 15.9 Å². The van der Waals surface area contributed by atoms with Crippen molar-refractivity contribution >= 4 is 44.6 Å². The van der Waals surface area contributed by atoms with E-state index in [1.54, 1.807) is 0 Å². The summed E-state index contributed by atoms with van der Waals surface area (Å²) < 4.78 is 38.8. The number of benzene rings is 3. The van der Waals surface area contributed by atoms with Gasteiger partial charge in [0.1, 0.15) is 5.82 Å². The maximum absolute atomic E-state index is 13.1. The molecule has 0 saturated heterocycles. The number of sulfonamides is 1. The van der Waals surface area contributed by atoms with Crippen molar-refractivity contribution < 1.29 is 22.5 Å². The van der Waals surface area contributed by atoms with Crippen molar-refractivity contribution in [3.8, 4) is 0 Å². The summed E-state index contributed by atoms with van der Waals surface area (Å²) in [7, 11) is -3.67. The average Bonchev–Trinajstić information content (AvgIpc) is 2.74. The Kier molecular flexibility index (Phi) is 6.75. The van der Waals surface area contributed by atoms with E-state index in [2.05, 4.69) is 5.32 Å². The number of rotatable bonds is 7. The number of hydrogen-bond donors (Lipinski definition) is 1. The molecule has 0 heterocycles. The number of amides is 1. The summed E-state index contributed by atoms with van der Waals surface area (Å²) in [6, 6.07) is 14.8. The number of hydrogen-bond acceptors (Lipinski definition) is 5. The van der Waals surface area contributed by atoms with Gasteiger partial charge in [-0.3, -0.25) is 19.2 Å². The fourth-order valence-electron chi connectivity index (χ4n) is 2.85. The van der Waals surface area contributed by atoms with Crippen LogP contribution in [0.5, 0.6) is 0 Å². The van der Waals surface area contributed by atoms with E-state index in [1.807, 2.05) is 0 Å². The first kappa shape index (κ1) is 23.2. The van der Waals surface area contributed by atoms with E-state index in [0.717, 1.165) is 16.6 Å². The zero-order valence-corrected chi connectivity index (χ0v) is 18.2. The third kappa shape index (κ3) is 5.59. The normalized spacial score (nSPS) is 11.1. The van der Waals surface area contributed by atoms with E-state index in [9.17, 15) is 27.7 Å². The van der Waals surface area contributed by atoms with Crippen LogP contribution in [0.1, 0.15) is 15.9 Å². The van der Waals surface area contributed by atoms with Crippen LogP contribution in [0.15, 0.2) is 66.7 Å². The molecular formula is C21H17ClFN3O5S. The molecule has 0 atom stereocenters. The molecule has 0 fully saturated rings. The topological polar surface area (TPSA) is 110 Å². The smallest absolute Gasteiger partial charge is 0.271 e. The maximum Gasteiger partial charge on any atom is 0.271 e. The van der Waals surface area contributed by atoms with Gasteiger partial charge in [-0.1, -0.05) is 23.7 Å². The summed E-state index contributed by atoms with van der Waals surface area (Å²) >= 11 is 6.00. The van der Waals surface area contributed by atoms with Crippen LogP contribution < -0.4 is 9.62 Å². The zero-order valence-electron chi connectivity index (χ0n) is 16.7. The molecule has 0 aliphatic carbocycles. The van der Waals surface area contributed by atoms with Crippen molar-refractivity contribution in [1.29, 1.82) is 0 Å². The highest BCUT2D eigenvalue weighted by molar-refractivity contribution is 7.92. The van der Waals surface area contributed by atoms with Gasteiger partial charge in [0.25, 0.3) is 11.6 Å². The van der Waals surface area contributed by atoms with Crippen molar-refractivity contribution in [3.05, 3.63) is 98.8 Å². The van der Waals surface area contributed by atoms with Crippen molar-refractivity contribution in [1.82, 2.24) is 0 Å². The number of anilines is 2. The van der Waals surface area contributed by atoms with E-state index in [-0.39, 0.29) is 28.5 Å². The molecule has 166 valence electrons. The van der Waals surface area contributed by atoms with Gasteiger partial charge >= 0.3 is 0 Å². The minimum atomic E-state index is -3.67. The van der Waals surface area contributed by atoms with E-state index in [1.165, 1.54) is 60.7 Å². The Morgan fingerprint density at radius 1 is 1.09 bits per heavy atom. The number of carbonyl (C=O) groups excluding carboxylic acids is 1. The summed E-state index contributed by atoms with van der Waals surface area (Å²) in [6.45, 7) is -0.0199. The Bertz CT molecular complexity index is 1270. The van der Waals surface area contributed by atoms with Crippen molar-refractivity contribution in [2.24, 2.45) is 0 Å². The lowest BCUT2D eigenvalue weighted by molar-refractivity contribution is -0.384. The molecule has 0 aliphatic heterocycles. The van der Waals surface area contributed by atoms with Crippen molar-refractivity contribution in [3.63, 3.8) is 0 Å². The average molecular weight is 478 g/mol. The Morgan fingerprint density at radius 2 is 1.72 bits per heavy atom. The van der Waals surface area contributed by atoms with Gasteiger partial charge in [-0.2, -0.15) is 0 Å². The van der Waals surface area contributed by atoms with Gasteiger partial charge in [-0.25, -0.2) is 12.8 Å². The first-order chi connectivity index (χ1) is 15.0. The molecule has 11 heteroatoms. The van der Waals surface area contributed by atoms with Gasteiger partial charge in [-0.15, -0.1) is 0 Å². The van der Waals surface area contributed by atoms with Gasteiger partial charge in [-0.05, 0) is 48.0 Å². The number of halogens is 2. The molecule has 3 aromatic carbocycles. The summed E-state index contributed by atoms with van der Waals surface area (Å²) in [6.07, 6.45) is 1.04. The predicted molar refractivity (Wildman–Crippen MR) is 120 cm³/mol. The Labute approximate surface area is 188 Å². The number of nitrogens with zero attached hydrogens (tertiary/aromatic N) is 2. The minimum Gasteiger partial charge on any atom is -0.320 e. The first-order valence-corrected chi connectivity index (χ1v) is 11.3. The quantitative estimate of drug-likeness (QED) is 0.395. The largest absolute Gasteiger partial charge is 0.320 e. The lowest BCUT2D eigenvalue weighted by atomic mass is 10.1. The van der Waals surface area contributed by atoms with Gasteiger partial charge in [0.05, 0.1) is 34.1 Å². The maximum atomic E-state index is 13.1. The molecule has 0 spiro atoms. The number of nitrogens with one attached hydrogen (secondary N) is 1. The molecule has 1 N–H and O–H groups in total. The van der Waals surface area contributed by atoms with E-state index >= 15 is 0 Å². The monoisotopic (exact) mass is 477 g/mol. The van der Waals surface area contributed by atoms with E-state index in [4.69, 9.17) is 11.6 Å². The van der Waals surface area contributed by atoms with E-state index in [0.29, 0.717) is 11.3 Å². The molecule has 3 rings (SSSR count). The van der Waals surface area contributed by atoms with E-state index < -0.39 is 26.7 Å². The zero-order chi connectivity index (χ0) is 23.5. The highest BCUT2D eigenvalue weighted by atomic mass is 35.5. The molecule has 1 amide bonds. The lowest BCUT2D eigenvalue weighted by Gasteiger charge is -2.22. The fraction of sp³-hybridized carbons (Fsp3) is 0.0952. The minimum absolute atomic E-state index is 0.0199. The third-order valence-electron chi connectivity index (χ3n) is 4.47. The standard InChI is InChI=1S/C21H17ClFN3O5S/c1-32(30,31)25(13-14-2-6-16(23)7-3-14)17-8-4-15(5-9-17)21(27)24-20-12-18(26(28)29)10-11-19(20)22/h2-12H,13H2,1H3,(H,24,27). The highest BCUT2D eigenvalue weighted by Gasteiger charge is 2.19. The summed E-state index contributed by atoms with van der Waals surface area (Å²) in [5, 5.41) is 13.6. The van der Waals surface area contributed by atoms with Gasteiger partial charge in [0.15, 0.2) is 0 Å². The molecule has 8 nitrogen and oxygen atoms in total. The van der Waals surface area contributed by atoms with Crippen LogP contribution in [0.2, 0.25) is 5.02 Å². The molecule has 32 heavy (non-hydrogen) atoms. The molecular weight excluding hydrogens is 461 g/mol. The molecule has 0 bridgehead atoms. The van der Waals surface area contributed by atoms with Crippen LogP contribution >= 0.6 is 11.6 Å². The van der Waals surface area contributed by atoms with Crippen molar-refractivity contribution in [2.45, 2.75) is 6.54 Å². The Morgan fingerprint density at radius 3 is 2.28 bits per heavy atom. The fourth-order valence-corrected chi connectivity index (χ4v) is 3.90. The van der Waals surface area contributed by atoms with Gasteiger partial charge in [0.2, 0.25) is 10.0 Å². The van der Waals surface area contributed by atoms with Gasteiger partial charge in [0, 0.05) is 17.7 Å². The lowest BCUT2D eigenvalue weighted by Crippen LogP contribution is -2.29. The van der Waals surface area contributed by atoms with Crippen LogP contribution in [0.25, 0.3) is 0 Å².